The number of carbonyl (C=O) groups is 1. The highest BCUT2D eigenvalue weighted by Gasteiger charge is 2.12. The van der Waals surface area contributed by atoms with Gasteiger partial charge in [0.05, 0.1) is 6.61 Å². The van der Waals surface area contributed by atoms with E-state index in [4.69, 9.17) is 0 Å². The lowest BCUT2D eigenvalue weighted by Crippen LogP contribution is -2.38. The average molecular weight is 270 g/mol. The molecule has 0 spiro atoms. The molecule has 1 aliphatic heterocycles. The number of aliphatic imine (C=N–C) groups is 1. The van der Waals surface area contributed by atoms with E-state index in [1.54, 1.807) is 0 Å². The number of unbranched alkanes of at least 4 members (excludes halogenated alkanes) is 1. The maximum Gasteiger partial charge on any atom is 0.328 e. The highest BCUT2D eigenvalue weighted by molar-refractivity contribution is 5.72. The first-order valence-corrected chi connectivity index (χ1v) is 7.05. The van der Waals surface area contributed by atoms with Crippen LogP contribution < -0.4 is 5.32 Å². The molecule has 0 saturated carbocycles. The number of ether oxygens (including phenoxy) is 1. The minimum atomic E-state index is -0.471. The standard InChI is InChI=1S/C7H11NO3.C7H15N/c1-2-3-4-11-7(10)5-8-6-9;1-6-4-3-5-7(2)8-6/h2-5H2,1H3;6-8H,3-5H2,1-2H3. The van der Waals surface area contributed by atoms with Crippen LogP contribution in [-0.2, 0) is 14.3 Å². The van der Waals surface area contributed by atoms with Gasteiger partial charge in [0.15, 0.2) is 0 Å². The van der Waals surface area contributed by atoms with Crippen molar-refractivity contribution in [3.63, 3.8) is 0 Å². The maximum absolute atomic E-state index is 10.6. The molecule has 0 aliphatic carbocycles. The molecule has 1 rings (SSSR count). The number of isocyanates is 1. The third kappa shape index (κ3) is 11.6. The van der Waals surface area contributed by atoms with Gasteiger partial charge >= 0.3 is 5.97 Å². The smallest absolute Gasteiger partial charge is 0.328 e. The summed E-state index contributed by atoms with van der Waals surface area (Å²) in [6, 6.07) is 1.53. The molecule has 0 radical (unpaired) electrons. The fourth-order valence-electron chi connectivity index (χ4n) is 1.86. The molecule has 2 unspecified atom stereocenters. The average Bonchev–Trinajstić information content (AvgIpc) is 2.37. The van der Waals surface area contributed by atoms with Crippen LogP contribution in [0.4, 0.5) is 0 Å². The molecule has 5 nitrogen and oxygen atoms in total. The lowest BCUT2D eigenvalue weighted by Gasteiger charge is -2.25. The van der Waals surface area contributed by atoms with Gasteiger partial charge in [-0.15, -0.1) is 0 Å². The number of hydrogen-bond donors (Lipinski definition) is 1. The van der Waals surface area contributed by atoms with Crippen molar-refractivity contribution < 1.29 is 14.3 Å². The van der Waals surface area contributed by atoms with Crippen LogP contribution in [-0.4, -0.2) is 37.3 Å². The molecule has 1 N–H and O–H groups in total. The van der Waals surface area contributed by atoms with Gasteiger partial charge in [-0.2, -0.15) is 4.99 Å². The van der Waals surface area contributed by atoms with Gasteiger partial charge in [-0.3, -0.25) is 4.79 Å². The van der Waals surface area contributed by atoms with E-state index in [0.717, 1.165) is 24.9 Å². The zero-order valence-corrected chi connectivity index (χ0v) is 12.3. The molecule has 0 aromatic carbocycles. The number of esters is 1. The van der Waals surface area contributed by atoms with Gasteiger partial charge in [0.2, 0.25) is 6.08 Å². The molecule has 110 valence electrons. The van der Waals surface area contributed by atoms with Crippen LogP contribution >= 0.6 is 0 Å². The Kier molecular flexibility index (Phi) is 11.1. The zero-order chi connectivity index (χ0) is 14.5. The van der Waals surface area contributed by atoms with Crippen LogP contribution in [0.3, 0.4) is 0 Å². The normalized spacial score (nSPS) is 21.6. The quantitative estimate of drug-likeness (QED) is 0.360. The summed E-state index contributed by atoms with van der Waals surface area (Å²) in [5.41, 5.74) is 0. The van der Waals surface area contributed by atoms with Crippen molar-refractivity contribution in [2.24, 2.45) is 4.99 Å². The van der Waals surface area contributed by atoms with Crippen molar-refractivity contribution in [3.8, 4) is 0 Å². The van der Waals surface area contributed by atoms with Gasteiger partial charge in [-0.1, -0.05) is 19.8 Å². The summed E-state index contributed by atoms with van der Waals surface area (Å²) in [5, 5.41) is 3.48. The van der Waals surface area contributed by atoms with Crippen molar-refractivity contribution in [3.05, 3.63) is 0 Å². The Morgan fingerprint density at radius 1 is 1.37 bits per heavy atom. The molecular weight excluding hydrogens is 244 g/mol. The highest BCUT2D eigenvalue weighted by atomic mass is 16.5. The van der Waals surface area contributed by atoms with E-state index in [2.05, 4.69) is 28.9 Å². The number of carbonyl (C=O) groups excluding carboxylic acids is 2. The lowest BCUT2D eigenvalue weighted by atomic mass is 10.0. The summed E-state index contributed by atoms with van der Waals surface area (Å²) in [7, 11) is 0. The second-order valence-corrected chi connectivity index (χ2v) is 4.88. The molecule has 1 saturated heterocycles. The Balaban J connectivity index is 0.000000356. The number of piperidine rings is 1. The number of rotatable bonds is 5. The van der Waals surface area contributed by atoms with Gasteiger partial charge < -0.3 is 10.1 Å². The molecule has 1 heterocycles. The molecule has 0 amide bonds. The third-order valence-corrected chi connectivity index (χ3v) is 2.88. The first kappa shape index (κ1) is 17.8. The summed E-state index contributed by atoms with van der Waals surface area (Å²) in [4.78, 5) is 23.2. The van der Waals surface area contributed by atoms with E-state index >= 15 is 0 Å². The van der Waals surface area contributed by atoms with Crippen LogP contribution in [0.2, 0.25) is 0 Å². The molecular formula is C14H26N2O3. The van der Waals surface area contributed by atoms with Gasteiger partial charge in [0.25, 0.3) is 0 Å². The van der Waals surface area contributed by atoms with E-state index in [-0.39, 0.29) is 6.54 Å². The Morgan fingerprint density at radius 3 is 2.42 bits per heavy atom. The van der Waals surface area contributed by atoms with Crippen molar-refractivity contribution in [2.75, 3.05) is 13.2 Å². The molecule has 2 atom stereocenters. The predicted octanol–water partition coefficient (Wildman–Crippen LogP) is 2.20. The zero-order valence-electron chi connectivity index (χ0n) is 12.3. The lowest BCUT2D eigenvalue weighted by molar-refractivity contribution is -0.141. The monoisotopic (exact) mass is 270 g/mol. The predicted molar refractivity (Wildman–Crippen MR) is 74.8 cm³/mol. The fourth-order valence-corrected chi connectivity index (χ4v) is 1.86. The Morgan fingerprint density at radius 2 is 2.00 bits per heavy atom. The van der Waals surface area contributed by atoms with Gasteiger partial charge in [-0.05, 0) is 33.1 Å². The van der Waals surface area contributed by atoms with Gasteiger partial charge in [-0.25, -0.2) is 4.79 Å². The molecule has 1 fully saturated rings. The van der Waals surface area contributed by atoms with Gasteiger partial charge in [0, 0.05) is 12.1 Å². The van der Waals surface area contributed by atoms with Crippen LogP contribution in [0.1, 0.15) is 52.9 Å². The Hall–Kier alpha value is -1.19. The largest absolute Gasteiger partial charge is 0.464 e. The molecule has 1 aliphatic rings. The van der Waals surface area contributed by atoms with E-state index in [1.807, 2.05) is 6.92 Å². The topological polar surface area (TPSA) is 67.8 Å². The fraction of sp³-hybridized carbons (Fsp3) is 0.857. The van der Waals surface area contributed by atoms with Gasteiger partial charge in [0.1, 0.15) is 6.54 Å². The second kappa shape index (κ2) is 11.9. The molecule has 5 heteroatoms. The van der Waals surface area contributed by atoms with E-state index in [9.17, 15) is 9.59 Å². The molecule has 0 aromatic rings. The van der Waals surface area contributed by atoms with Crippen molar-refractivity contribution in [1.29, 1.82) is 0 Å². The minimum Gasteiger partial charge on any atom is -0.464 e. The maximum atomic E-state index is 10.6. The molecule has 19 heavy (non-hydrogen) atoms. The van der Waals surface area contributed by atoms with E-state index in [1.165, 1.54) is 25.3 Å². The Labute approximate surface area is 115 Å². The minimum absolute atomic E-state index is 0.215. The summed E-state index contributed by atoms with van der Waals surface area (Å²) in [5.74, 6) is -0.471. The first-order chi connectivity index (χ1) is 9.10. The second-order valence-electron chi connectivity index (χ2n) is 4.88. The van der Waals surface area contributed by atoms with Crippen LogP contribution in [0.15, 0.2) is 4.99 Å². The van der Waals surface area contributed by atoms with Crippen molar-refractivity contribution in [1.82, 2.24) is 5.32 Å². The Bertz CT molecular complexity index is 280. The summed E-state index contributed by atoms with van der Waals surface area (Å²) >= 11 is 0. The van der Waals surface area contributed by atoms with Crippen LogP contribution in [0.25, 0.3) is 0 Å². The van der Waals surface area contributed by atoms with Crippen LogP contribution in [0, 0.1) is 0 Å². The van der Waals surface area contributed by atoms with Crippen molar-refractivity contribution in [2.45, 2.75) is 65.0 Å². The van der Waals surface area contributed by atoms with E-state index in [0.29, 0.717) is 6.61 Å². The number of hydrogen-bond acceptors (Lipinski definition) is 5. The van der Waals surface area contributed by atoms with Crippen LogP contribution in [0.5, 0.6) is 0 Å². The number of nitrogens with zero attached hydrogens (tertiary/aromatic N) is 1. The third-order valence-electron chi connectivity index (χ3n) is 2.88. The molecule has 0 aromatic heterocycles. The summed E-state index contributed by atoms with van der Waals surface area (Å²) < 4.78 is 4.67. The van der Waals surface area contributed by atoms with Crippen molar-refractivity contribution >= 4 is 12.0 Å². The summed E-state index contributed by atoms with van der Waals surface area (Å²) in [6.07, 6.45) is 7.23. The number of nitrogens with one attached hydrogen (secondary N) is 1. The summed E-state index contributed by atoms with van der Waals surface area (Å²) in [6.45, 7) is 6.71. The SMILES string of the molecule is CC1CCCC(C)N1.CCCCOC(=O)CN=C=O. The first-order valence-electron chi connectivity index (χ1n) is 7.05. The highest BCUT2D eigenvalue weighted by Crippen LogP contribution is 2.10. The molecule has 0 bridgehead atoms. The van der Waals surface area contributed by atoms with E-state index < -0.39 is 5.97 Å².